The number of hydrogen-bond acceptors (Lipinski definition) is 2. The molecule has 2 rings (SSSR count). The van der Waals surface area contributed by atoms with E-state index in [9.17, 15) is 0 Å². The van der Waals surface area contributed by atoms with E-state index in [1.807, 2.05) is 0 Å². The monoisotopic (exact) mass is 219 g/mol. The molecule has 1 atom stereocenters. The molecule has 0 amide bonds. The van der Waals surface area contributed by atoms with Crippen LogP contribution in [-0.2, 0) is 0 Å². The molecule has 2 nitrogen and oxygen atoms in total. The van der Waals surface area contributed by atoms with Crippen LogP contribution < -0.4 is 10.1 Å². The lowest BCUT2D eigenvalue weighted by Gasteiger charge is -2.12. The summed E-state index contributed by atoms with van der Waals surface area (Å²) in [5.74, 6) is 1.01. The quantitative estimate of drug-likeness (QED) is 0.840. The van der Waals surface area contributed by atoms with Gasteiger partial charge in [0.15, 0.2) is 0 Å². The van der Waals surface area contributed by atoms with E-state index in [-0.39, 0.29) is 0 Å². The van der Waals surface area contributed by atoms with Crippen LogP contribution >= 0.6 is 0 Å². The molecule has 0 spiro atoms. The van der Waals surface area contributed by atoms with Gasteiger partial charge in [0.1, 0.15) is 5.75 Å². The summed E-state index contributed by atoms with van der Waals surface area (Å²) < 4.78 is 5.79. The molecule has 0 saturated carbocycles. The molecule has 1 aromatic carbocycles. The first kappa shape index (κ1) is 11.5. The molecule has 1 saturated heterocycles. The predicted octanol–water partition coefficient (Wildman–Crippen LogP) is 2.82. The van der Waals surface area contributed by atoms with Crippen molar-refractivity contribution in [3.05, 3.63) is 29.3 Å². The fourth-order valence-electron chi connectivity index (χ4n) is 2.34. The van der Waals surface area contributed by atoms with E-state index in [4.69, 9.17) is 4.74 Å². The Morgan fingerprint density at radius 1 is 1.25 bits per heavy atom. The van der Waals surface area contributed by atoms with Crippen molar-refractivity contribution in [2.45, 2.75) is 39.2 Å². The van der Waals surface area contributed by atoms with Gasteiger partial charge in [0.25, 0.3) is 0 Å². The molecule has 1 heterocycles. The molecule has 1 unspecified atom stereocenters. The number of aryl methyl sites for hydroxylation is 2. The summed E-state index contributed by atoms with van der Waals surface area (Å²) in [5, 5.41) is 3.49. The zero-order chi connectivity index (χ0) is 11.4. The molecule has 0 radical (unpaired) electrons. The van der Waals surface area contributed by atoms with Crippen molar-refractivity contribution >= 4 is 0 Å². The number of nitrogens with one attached hydrogen (secondary N) is 1. The Morgan fingerprint density at radius 2 is 2.00 bits per heavy atom. The Morgan fingerprint density at radius 3 is 2.62 bits per heavy atom. The maximum atomic E-state index is 5.79. The van der Waals surface area contributed by atoms with Gasteiger partial charge in [-0.25, -0.2) is 0 Å². The molecule has 88 valence electrons. The minimum Gasteiger partial charge on any atom is -0.494 e. The van der Waals surface area contributed by atoms with Gasteiger partial charge < -0.3 is 10.1 Å². The molecule has 1 aliphatic heterocycles. The number of benzene rings is 1. The van der Waals surface area contributed by atoms with Crippen LogP contribution in [0.2, 0.25) is 0 Å². The van der Waals surface area contributed by atoms with Crippen LogP contribution in [0, 0.1) is 13.8 Å². The van der Waals surface area contributed by atoms with Crippen LogP contribution in [0.15, 0.2) is 18.2 Å². The van der Waals surface area contributed by atoms with Gasteiger partial charge in [-0.05, 0) is 62.9 Å². The first-order valence-corrected chi connectivity index (χ1v) is 6.18. The first-order chi connectivity index (χ1) is 7.74. The number of ether oxygens (including phenoxy) is 1. The maximum absolute atomic E-state index is 5.79. The number of rotatable bonds is 4. The van der Waals surface area contributed by atoms with Gasteiger partial charge in [0, 0.05) is 6.04 Å². The number of hydrogen-bond donors (Lipinski definition) is 1. The van der Waals surface area contributed by atoms with Gasteiger partial charge in [0.05, 0.1) is 6.61 Å². The zero-order valence-corrected chi connectivity index (χ0v) is 10.3. The molecule has 2 heteroatoms. The normalized spacial score (nSPS) is 20.0. The van der Waals surface area contributed by atoms with Crippen LogP contribution in [0.3, 0.4) is 0 Å². The molecule has 1 fully saturated rings. The lowest BCUT2D eigenvalue weighted by molar-refractivity contribution is 0.292. The Balaban J connectivity index is 1.80. The standard InChI is InChI=1S/C14H21NO/c1-11-8-12(2)10-14(9-11)16-7-5-13-4-3-6-15-13/h8-10,13,15H,3-7H2,1-2H3. The SMILES string of the molecule is Cc1cc(C)cc(OCCC2CCCN2)c1. The van der Waals surface area contributed by atoms with E-state index in [2.05, 4.69) is 37.4 Å². The lowest BCUT2D eigenvalue weighted by atomic mass is 10.1. The van der Waals surface area contributed by atoms with Crippen LogP contribution in [-0.4, -0.2) is 19.2 Å². The molecular formula is C14H21NO. The smallest absolute Gasteiger partial charge is 0.119 e. The molecule has 16 heavy (non-hydrogen) atoms. The third-order valence-electron chi connectivity index (χ3n) is 3.09. The summed E-state index contributed by atoms with van der Waals surface area (Å²) >= 11 is 0. The second kappa shape index (κ2) is 5.35. The first-order valence-electron chi connectivity index (χ1n) is 6.18. The summed E-state index contributed by atoms with van der Waals surface area (Å²) in [6.07, 6.45) is 3.73. The van der Waals surface area contributed by atoms with Crippen molar-refractivity contribution in [1.29, 1.82) is 0 Å². The highest BCUT2D eigenvalue weighted by Crippen LogP contribution is 2.17. The highest BCUT2D eigenvalue weighted by atomic mass is 16.5. The summed E-state index contributed by atoms with van der Waals surface area (Å²) in [4.78, 5) is 0. The molecular weight excluding hydrogens is 198 g/mol. The van der Waals surface area contributed by atoms with Crippen molar-refractivity contribution in [2.24, 2.45) is 0 Å². The van der Waals surface area contributed by atoms with Crippen LogP contribution in [0.25, 0.3) is 0 Å². The second-order valence-electron chi connectivity index (χ2n) is 4.75. The average molecular weight is 219 g/mol. The third-order valence-corrected chi connectivity index (χ3v) is 3.09. The van der Waals surface area contributed by atoms with Crippen molar-refractivity contribution in [2.75, 3.05) is 13.2 Å². The van der Waals surface area contributed by atoms with E-state index >= 15 is 0 Å². The molecule has 1 aromatic rings. The zero-order valence-electron chi connectivity index (χ0n) is 10.3. The topological polar surface area (TPSA) is 21.3 Å². The summed E-state index contributed by atoms with van der Waals surface area (Å²) in [5.41, 5.74) is 2.54. The Hall–Kier alpha value is -1.02. The maximum Gasteiger partial charge on any atom is 0.119 e. The second-order valence-corrected chi connectivity index (χ2v) is 4.75. The largest absolute Gasteiger partial charge is 0.494 e. The van der Waals surface area contributed by atoms with Crippen LogP contribution in [0.4, 0.5) is 0 Å². The van der Waals surface area contributed by atoms with Gasteiger partial charge in [-0.2, -0.15) is 0 Å². The van der Waals surface area contributed by atoms with Gasteiger partial charge in [-0.1, -0.05) is 6.07 Å². The average Bonchev–Trinajstić information content (AvgIpc) is 2.69. The molecule has 1 N–H and O–H groups in total. The minimum absolute atomic E-state index is 0.672. The summed E-state index contributed by atoms with van der Waals surface area (Å²) in [7, 11) is 0. The van der Waals surface area contributed by atoms with Gasteiger partial charge >= 0.3 is 0 Å². The van der Waals surface area contributed by atoms with E-state index in [0.717, 1.165) is 18.8 Å². The minimum atomic E-state index is 0.672. The van der Waals surface area contributed by atoms with Crippen molar-refractivity contribution in [3.63, 3.8) is 0 Å². The highest BCUT2D eigenvalue weighted by molar-refractivity contribution is 5.32. The van der Waals surface area contributed by atoms with E-state index in [1.165, 1.54) is 30.5 Å². The Kier molecular flexibility index (Phi) is 3.83. The van der Waals surface area contributed by atoms with Crippen LogP contribution in [0.1, 0.15) is 30.4 Å². The predicted molar refractivity (Wildman–Crippen MR) is 67.1 cm³/mol. The van der Waals surface area contributed by atoms with Crippen molar-refractivity contribution in [1.82, 2.24) is 5.32 Å². The molecule has 0 bridgehead atoms. The highest BCUT2D eigenvalue weighted by Gasteiger charge is 2.13. The van der Waals surface area contributed by atoms with E-state index in [1.54, 1.807) is 0 Å². The third kappa shape index (κ3) is 3.24. The fourth-order valence-corrected chi connectivity index (χ4v) is 2.34. The molecule has 0 aliphatic carbocycles. The van der Waals surface area contributed by atoms with Gasteiger partial charge in [0.2, 0.25) is 0 Å². The van der Waals surface area contributed by atoms with Gasteiger partial charge in [-0.3, -0.25) is 0 Å². The van der Waals surface area contributed by atoms with Crippen molar-refractivity contribution in [3.8, 4) is 5.75 Å². The van der Waals surface area contributed by atoms with E-state index in [0.29, 0.717) is 6.04 Å². The molecule has 1 aliphatic rings. The molecule has 0 aromatic heterocycles. The van der Waals surface area contributed by atoms with Crippen LogP contribution in [0.5, 0.6) is 5.75 Å². The fraction of sp³-hybridized carbons (Fsp3) is 0.571. The Bertz CT molecular complexity index is 322. The summed E-state index contributed by atoms with van der Waals surface area (Å²) in [6, 6.07) is 7.06. The summed E-state index contributed by atoms with van der Waals surface area (Å²) in [6.45, 7) is 6.21. The van der Waals surface area contributed by atoms with Crippen molar-refractivity contribution < 1.29 is 4.74 Å². The van der Waals surface area contributed by atoms with E-state index < -0.39 is 0 Å². The Labute approximate surface area is 98.0 Å². The van der Waals surface area contributed by atoms with Gasteiger partial charge in [-0.15, -0.1) is 0 Å². The lowest BCUT2D eigenvalue weighted by Crippen LogP contribution is -2.23.